The summed E-state index contributed by atoms with van der Waals surface area (Å²) in [6.45, 7) is 0. The van der Waals surface area contributed by atoms with E-state index in [0.29, 0.717) is 5.71 Å². The van der Waals surface area contributed by atoms with Crippen molar-refractivity contribution in [1.82, 2.24) is 8.97 Å². The molecule has 0 saturated carbocycles. The first-order chi connectivity index (χ1) is 10.8. The molecule has 0 bridgehead atoms. The fourth-order valence-electron chi connectivity index (χ4n) is 3.34. The van der Waals surface area contributed by atoms with Crippen molar-refractivity contribution >= 4 is 38.6 Å². The fourth-order valence-corrected chi connectivity index (χ4v) is 3.34. The molecule has 0 spiro atoms. The van der Waals surface area contributed by atoms with Crippen LogP contribution in [0.4, 0.5) is 0 Å². The Morgan fingerprint density at radius 1 is 0.909 bits per heavy atom. The van der Waals surface area contributed by atoms with Crippen molar-refractivity contribution in [2.24, 2.45) is 7.05 Å². The van der Waals surface area contributed by atoms with E-state index in [1.54, 1.807) is 4.40 Å². The second kappa shape index (κ2) is 3.80. The van der Waals surface area contributed by atoms with Gasteiger partial charge < -0.3 is 8.98 Å². The van der Waals surface area contributed by atoms with Gasteiger partial charge in [-0.15, -0.1) is 0 Å². The first-order valence-electron chi connectivity index (χ1n) is 7.16. The molecule has 4 nitrogen and oxygen atoms in total. The van der Waals surface area contributed by atoms with E-state index in [1.165, 1.54) is 0 Å². The van der Waals surface area contributed by atoms with Crippen LogP contribution in [0.2, 0.25) is 0 Å². The van der Waals surface area contributed by atoms with Crippen molar-refractivity contribution in [3.8, 4) is 0 Å². The average molecular weight is 288 g/mol. The van der Waals surface area contributed by atoms with Crippen molar-refractivity contribution in [2.45, 2.75) is 0 Å². The second-order valence-electron chi connectivity index (χ2n) is 5.53. The van der Waals surface area contributed by atoms with Crippen LogP contribution in [0.3, 0.4) is 0 Å². The van der Waals surface area contributed by atoms with Gasteiger partial charge in [-0.25, -0.2) is 4.40 Å². The molecule has 3 aromatic heterocycles. The molecule has 3 heterocycles. The maximum absolute atomic E-state index is 13.1. The standard InChI is InChI=1S/C18H12N2O2/c1-19-12-7-3-2-6-11(12)17-14(19)10-16-20(18(17)21)13-8-4-5-9-15(13)22-16/h2-10H,1H3. The van der Waals surface area contributed by atoms with Crippen LogP contribution in [-0.2, 0) is 7.05 Å². The molecule has 4 heteroatoms. The molecular formula is C18H12N2O2. The molecule has 106 valence electrons. The Morgan fingerprint density at radius 2 is 1.64 bits per heavy atom. The quantitative estimate of drug-likeness (QED) is 0.436. The van der Waals surface area contributed by atoms with Gasteiger partial charge in [0.1, 0.15) is 0 Å². The minimum Gasteiger partial charge on any atom is -0.438 e. The number of para-hydroxylation sites is 3. The molecule has 0 aliphatic rings. The van der Waals surface area contributed by atoms with E-state index in [9.17, 15) is 4.79 Å². The lowest BCUT2D eigenvalue weighted by atomic mass is 10.2. The molecule has 2 aromatic carbocycles. The van der Waals surface area contributed by atoms with Gasteiger partial charge in [-0.2, -0.15) is 0 Å². The highest BCUT2D eigenvalue weighted by Crippen LogP contribution is 2.28. The fraction of sp³-hybridized carbons (Fsp3) is 0.0556. The number of benzene rings is 2. The highest BCUT2D eigenvalue weighted by molar-refractivity contribution is 6.08. The molecule has 0 aliphatic heterocycles. The van der Waals surface area contributed by atoms with E-state index in [4.69, 9.17) is 4.42 Å². The van der Waals surface area contributed by atoms with Gasteiger partial charge in [-0.1, -0.05) is 30.3 Å². The molecule has 0 atom stereocenters. The smallest absolute Gasteiger partial charge is 0.268 e. The third-order valence-corrected chi connectivity index (χ3v) is 4.37. The molecule has 22 heavy (non-hydrogen) atoms. The van der Waals surface area contributed by atoms with E-state index in [-0.39, 0.29) is 5.56 Å². The maximum Gasteiger partial charge on any atom is 0.268 e. The lowest BCUT2D eigenvalue weighted by Gasteiger charge is -1.97. The molecule has 0 fully saturated rings. The zero-order valence-electron chi connectivity index (χ0n) is 11.9. The van der Waals surface area contributed by atoms with Crippen molar-refractivity contribution in [3.05, 3.63) is 65.0 Å². The molecule has 0 radical (unpaired) electrons. The average Bonchev–Trinajstić information content (AvgIpc) is 3.05. The van der Waals surface area contributed by atoms with E-state index in [0.717, 1.165) is 32.9 Å². The van der Waals surface area contributed by atoms with Crippen molar-refractivity contribution in [2.75, 3.05) is 0 Å². The molecule has 0 unspecified atom stereocenters. The van der Waals surface area contributed by atoms with Gasteiger partial charge in [0.15, 0.2) is 5.58 Å². The van der Waals surface area contributed by atoms with Crippen LogP contribution in [0.5, 0.6) is 0 Å². The summed E-state index contributed by atoms with van der Waals surface area (Å²) in [5.41, 5.74) is 4.01. The van der Waals surface area contributed by atoms with Crippen molar-refractivity contribution in [1.29, 1.82) is 0 Å². The van der Waals surface area contributed by atoms with Gasteiger partial charge in [0.05, 0.1) is 16.4 Å². The number of oxazole rings is 1. The van der Waals surface area contributed by atoms with Crippen LogP contribution in [-0.4, -0.2) is 8.97 Å². The monoisotopic (exact) mass is 288 g/mol. The number of aromatic nitrogens is 2. The summed E-state index contributed by atoms with van der Waals surface area (Å²) in [4.78, 5) is 13.1. The highest BCUT2D eigenvalue weighted by atomic mass is 16.3. The molecule has 0 aliphatic carbocycles. The lowest BCUT2D eigenvalue weighted by molar-refractivity contribution is 0.653. The van der Waals surface area contributed by atoms with Crippen LogP contribution in [0, 0.1) is 0 Å². The number of nitrogens with zero attached hydrogens (tertiary/aromatic N) is 2. The second-order valence-corrected chi connectivity index (χ2v) is 5.53. The largest absolute Gasteiger partial charge is 0.438 e. The van der Waals surface area contributed by atoms with Crippen molar-refractivity contribution < 1.29 is 4.42 Å². The minimum atomic E-state index is -0.0331. The predicted molar refractivity (Wildman–Crippen MR) is 87.4 cm³/mol. The molecule has 5 rings (SSSR count). The third kappa shape index (κ3) is 1.25. The number of pyridine rings is 1. The van der Waals surface area contributed by atoms with Gasteiger partial charge in [0, 0.05) is 24.0 Å². The Labute approximate surface area is 124 Å². The Hall–Kier alpha value is -3.01. The summed E-state index contributed by atoms with van der Waals surface area (Å²) >= 11 is 0. The molecule has 5 aromatic rings. The van der Waals surface area contributed by atoms with Gasteiger partial charge in [-0.3, -0.25) is 4.79 Å². The zero-order valence-corrected chi connectivity index (χ0v) is 11.9. The Kier molecular flexibility index (Phi) is 2.01. The van der Waals surface area contributed by atoms with Gasteiger partial charge in [0.2, 0.25) is 5.71 Å². The lowest BCUT2D eigenvalue weighted by Crippen LogP contribution is -2.11. The van der Waals surface area contributed by atoms with Gasteiger partial charge in [-0.05, 0) is 18.2 Å². The minimum absolute atomic E-state index is 0.0331. The Morgan fingerprint density at radius 3 is 2.50 bits per heavy atom. The summed E-state index contributed by atoms with van der Waals surface area (Å²) in [6, 6.07) is 17.5. The van der Waals surface area contributed by atoms with Gasteiger partial charge >= 0.3 is 0 Å². The normalized spacial score (nSPS) is 12.0. The first kappa shape index (κ1) is 11.6. The summed E-state index contributed by atoms with van der Waals surface area (Å²) < 4.78 is 9.54. The Balaban J connectivity index is 2.17. The molecule has 0 amide bonds. The number of aryl methyl sites for hydroxylation is 1. The van der Waals surface area contributed by atoms with Gasteiger partial charge in [0.25, 0.3) is 5.56 Å². The predicted octanol–water partition coefficient (Wildman–Crippen LogP) is 3.69. The number of hydrogen-bond donors (Lipinski definition) is 0. The number of hydrogen-bond acceptors (Lipinski definition) is 2. The van der Waals surface area contributed by atoms with Crippen molar-refractivity contribution in [3.63, 3.8) is 0 Å². The topological polar surface area (TPSA) is 39.5 Å². The highest BCUT2D eigenvalue weighted by Gasteiger charge is 2.16. The first-order valence-corrected chi connectivity index (χ1v) is 7.16. The van der Waals surface area contributed by atoms with Crippen LogP contribution < -0.4 is 5.56 Å². The van der Waals surface area contributed by atoms with Crippen LogP contribution >= 0.6 is 0 Å². The molecule has 0 N–H and O–H groups in total. The van der Waals surface area contributed by atoms with Crippen LogP contribution in [0.1, 0.15) is 0 Å². The van der Waals surface area contributed by atoms with E-state index < -0.39 is 0 Å². The summed E-state index contributed by atoms with van der Waals surface area (Å²) in [5.74, 6) is 0. The summed E-state index contributed by atoms with van der Waals surface area (Å²) in [5, 5.41) is 1.71. The number of fused-ring (bicyclic) bond motifs is 6. The SMILES string of the molecule is Cn1c2ccccc2c2c(=O)n3c(cc21)oc1ccccc13. The maximum atomic E-state index is 13.1. The number of rotatable bonds is 0. The summed E-state index contributed by atoms with van der Waals surface area (Å²) in [7, 11) is 1.98. The van der Waals surface area contributed by atoms with Crippen LogP contribution in [0.25, 0.3) is 38.6 Å². The van der Waals surface area contributed by atoms with E-state index in [1.807, 2.05) is 66.2 Å². The zero-order chi connectivity index (χ0) is 14.8. The van der Waals surface area contributed by atoms with Crippen LogP contribution in [0.15, 0.2) is 63.8 Å². The molecule has 0 saturated heterocycles. The third-order valence-electron chi connectivity index (χ3n) is 4.37. The molecular weight excluding hydrogens is 276 g/mol. The summed E-state index contributed by atoms with van der Waals surface area (Å²) in [6.07, 6.45) is 0. The van der Waals surface area contributed by atoms with E-state index >= 15 is 0 Å². The Bertz CT molecular complexity index is 1250. The van der Waals surface area contributed by atoms with E-state index in [2.05, 4.69) is 0 Å².